The highest BCUT2D eigenvalue weighted by atomic mass is 15.3. The fraction of sp³-hybridized carbons (Fsp3) is 0.429. The van der Waals surface area contributed by atoms with E-state index in [0.717, 1.165) is 54.4 Å². The molecule has 2 fully saturated rings. The smallest absolute Gasteiger partial charge is 0.129 e. The van der Waals surface area contributed by atoms with E-state index in [4.69, 9.17) is 4.98 Å². The number of hydrogen-bond acceptors (Lipinski definition) is 4. The number of hydrogen-bond donors (Lipinski definition) is 0. The molecule has 0 atom stereocenters. The van der Waals surface area contributed by atoms with Crippen molar-refractivity contribution in [3.8, 4) is 0 Å². The molecule has 1 saturated heterocycles. The lowest BCUT2D eigenvalue weighted by Gasteiger charge is -2.33. The first-order valence-electron chi connectivity index (χ1n) is 9.18. The van der Waals surface area contributed by atoms with Crippen LogP contribution in [0.15, 0.2) is 37.0 Å². The van der Waals surface area contributed by atoms with E-state index in [9.17, 15) is 0 Å². The summed E-state index contributed by atoms with van der Waals surface area (Å²) >= 11 is 0. The van der Waals surface area contributed by atoms with Gasteiger partial charge in [0.25, 0.3) is 0 Å². The van der Waals surface area contributed by atoms with E-state index in [1.807, 2.05) is 6.20 Å². The number of anilines is 1. The molecule has 0 N–H and O–H groups in total. The quantitative estimate of drug-likeness (QED) is 0.857. The minimum Gasteiger partial charge on any atom is -0.354 e. The number of aromatic nitrogens is 2. The highest BCUT2D eigenvalue weighted by molar-refractivity contribution is 5.80. The van der Waals surface area contributed by atoms with Crippen LogP contribution in [0.1, 0.15) is 41.3 Å². The number of pyridine rings is 2. The van der Waals surface area contributed by atoms with Crippen molar-refractivity contribution in [2.75, 3.05) is 38.1 Å². The van der Waals surface area contributed by atoms with Crippen LogP contribution in [-0.4, -0.2) is 48.1 Å². The van der Waals surface area contributed by atoms with Crippen LogP contribution < -0.4 is 4.90 Å². The van der Waals surface area contributed by atoms with Gasteiger partial charge in [0.2, 0.25) is 0 Å². The van der Waals surface area contributed by atoms with E-state index in [2.05, 4.69) is 59.6 Å². The van der Waals surface area contributed by atoms with Crippen LogP contribution in [0, 0.1) is 6.92 Å². The van der Waals surface area contributed by atoms with Crippen molar-refractivity contribution in [2.45, 2.75) is 25.7 Å². The standard InChI is InChI=1S/C21H26N4/c1-15(19-6-7-20(17-4-5-17)23-16(19)2)18-8-9-22-21(14-18)25-12-10-24(3)11-13-25/h6-9,14,17H,1,4-5,10-13H2,2-3H3. The Labute approximate surface area is 150 Å². The molecule has 1 aliphatic heterocycles. The second-order valence-electron chi connectivity index (χ2n) is 7.31. The third kappa shape index (κ3) is 3.45. The number of rotatable bonds is 4. The third-order valence-corrected chi connectivity index (χ3v) is 5.35. The number of aryl methyl sites for hydroxylation is 1. The first-order valence-corrected chi connectivity index (χ1v) is 9.18. The van der Waals surface area contributed by atoms with Crippen molar-refractivity contribution in [1.82, 2.24) is 14.9 Å². The summed E-state index contributed by atoms with van der Waals surface area (Å²) in [6.45, 7) is 10.7. The number of likely N-dealkylation sites (N-methyl/N-ethyl adjacent to an activating group) is 1. The Morgan fingerprint density at radius 1 is 1.12 bits per heavy atom. The Morgan fingerprint density at radius 3 is 2.56 bits per heavy atom. The Bertz CT molecular complexity index is 786. The van der Waals surface area contributed by atoms with E-state index < -0.39 is 0 Å². The molecule has 0 spiro atoms. The molecule has 1 aliphatic carbocycles. The fourth-order valence-corrected chi connectivity index (χ4v) is 3.48. The molecular formula is C21H26N4. The maximum Gasteiger partial charge on any atom is 0.129 e. The van der Waals surface area contributed by atoms with Crippen LogP contribution in [0.25, 0.3) is 5.57 Å². The van der Waals surface area contributed by atoms with E-state index >= 15 is 0 Å². The lowest BCUT2D eigenvalue weighted by atomic mass is 9.98. The van der Waals surface area contributed by atoms with Crippen molar-refractivity contribution < 1.29 is 0 Å². The zero-order valence-corrected chi connectivity index (χ0v) is 15.2. The summed E-state index contributed by atoms with van der Waals surface area (Å²) in [5.74, 6) is 1.73. The minimum absolute atomic E-state index is 0.686. The van der Waals surface area contributed by atoms with Crippen molar-refractivity contribution in [2.24, 2.45) is 0 Å². The Kier molecular flexibility index (Phi) is 4.30. The van der Waals surface area contributed by atoms with Gasteiger partial charge < -0.3 is 9.80 Å². The summed E-state index contributed by atoms with van der Waals surface area (Å²) in [6, 6.07) is 8.58. The summed E-state index contributed by atoms with van der Waals surface area (Å²) < 4.78 is 0. The molecule has 4 nitrogen and oxygen atoms in total. The predicted octanol–water partition coefficient (Wildman–Crippen LogP) is 3.48. The summed E-state index contributed by atoms with van der Waals surface area (Å²) in [4.78, 5) is 14.1. The molecule has 25 heavy (non-hydrogen) atoms. The lowest BCUT2D eigenvalue weighted by Crippen LogP contribution is -2.44. The van der Waals surface area contributed by atoms with Gasteiger partial charge >= 0.3 is 0 Å². The van der Waals surface area contributed by atoms with Crippen LogP contribution in [0.3, 0.4) is 0 Å². The van der Waals surface area contributed by atoms with Gasteiger partial charge in [-0.25, -0.2) is 4.98 Å². The van der Waals surface area contributed by atoms with Gasteiger partial charge in [0.1, 0.15) is 5.82 Å². The first kappa shape index (κ1) is 16.3. The monoisotopic (exact) mass is 334 g/mol. The van der Waals surface area contributed by atoms with Crippen LogP contribution in [0.2, 0.25) is 0 Å². The van der Waals surface area contributed by atoms with Crippen LogP contribution in [0.5, 0.6) is 0 Å². The van der Waals surface area contributed by atoms with E-state index in [1.165, 1.54) is 18.5 Å². The molecule has 130 valence electrons. The summed E-state index contributed by atoms with van der Waals surface area (Å²) in [7, 11) is 2.17. The van der Waals surface area contributed by atoms with Crippen molar-refractivity contribution in [3.63, 3.8) is 0 Å². The van der Waals surface area contributed by atoms with Gasteiger partial charge in [-0.2, -0.15) is 0 Å². The SMILES string of the molecule is C=C(c1ccnc(N2CCN(C)CC2)c1)c1ccc(C2CC2)nc1C. The largest absolute Gasteiger partial charge is 0.354 e. The lowest BCUT2D eigenvalue weighted by molar-refractivity contribution is 0.312. The van der Waals surface area contributed by atoms with Gasteiger partial charge in [-0.1, -0.05) is 12.6 Å². The van der Waals surface area contributed by atoms with Crippen molar-refractivity contribution in [1.29, 1.82) is 0 Å². The Morgan fingerprint density at radius 2 is 1.88 bits per heavy atom. The molecule has 4 rings (SSSR count). The zero-order valence-electron chi connectivity index (χ0n) is 15.2. The normalized spacial score (nSPS) is 18.4. The average molecular weight is 334 g/mol. The zero-order chi connectivity index (χ0) is 17.4. The van der Waals surface area contributed by atoms with Gasteiger partial charge in [-0.15, -0.1) is 0 Å². The van der Waals surface area contributed by atoms with Crippen molar-refractivity contribution >= 4 is 11.4 Å². The highest BCUT2D eigenvalue weighted by Crippen LogP contribution is 2.39. The van der Waals surface area contributed by atoms with Gasteiger partial charge in [-0.05, 0) is 56.1 Å². The van der Waals surface area contributed by atoms with Crippen LogP contribution in [-0.2, 0) is 0 Å². The van der Waals surface area contributed by atoms with Crippen LogP contribution in [0.4, 0.5) is 5.82 Å². The molecule has 0 aromatic carbocycles. The maximum absolute atomic E-state index is 4.81. The van der Waals surface area contributed by atoms with Gasteiger partial charge in [0.15, 0.2) is 0 Å². The molecular weight excluding hydrogens is 308 g/mol. The second-order valence-corrected chi connectivity index (χ2v) is 7.31. The molecule has 0 bridgehead atoms. The Balaban J connectivity index is 1.57. The molecule has 2 aromatic heterocycles. The number of nitrogens with zero attached hydrogens (tertiary/aromatic N) is 4. The average Bonchev–Trinajstić information content (AvgIpc) is 3.47. The van der Waals surface area contributed by atoms with E-state index in [1.54, 1.807) is 0 Å². The van der Waals surface area contributed by atoms with Gasteiger partial charge in [0, 0.05) is 55.2 Å². The van der Waals surface area contributed by atoms with E-state index in [0.29, 0.717) is 5.92 Å². The minimum atomic E-state index is 0.686. The highest BCUT2D eigenvalue weighted by Gasteiger charge is 2.25. The molecule has 4 heteroatoms. The molecule has 2 aromatic rings. The van der Waals surface area contributed by atoms with Gasteiger partial charge in [-0.3, -0.25) is 4.98 Å². The summed E-state index contributed by atoms with van der Waals surface area (Å²) in [5, 5.41) is 0. The topological polar surface area (TPSA) is 32.3 Å². The van der Waals surface area contributed by atoms with Crippen molar-refractivity contribution in [3.05, 3.63) is 59.6 Å². The molecule has 0 radical (unpaired) electrons. The number of piperazine rings is 1. The van der Waals surface area contributed by atoms with E-state index in [-0.39, 0.29) is 0 Å². The predicted molar refractivity (Wildman–Crippen MR) is 103 cm³/mol. The second kappa shape index (κ2) is 6.60. The summed E-state index contributed by atoms with van der Waals surface area (Å²) in [5.41, 5.74) is 5.62. The fourth-order valence-electron chi connectivity index (χ4n) is 3.48. The maximum atomic E-state index is 4.81. The third-order valence-electron chi connectivity index (χ3n) is 5.35. The molecule has 0 amide bonds. The molecule has 3 heterocycles. The molecule has 2 aliphatic rings. The molecule has 1 saturated carbocycles. The summed E-state index contributed by atoms with van der Waals surface area (Å²) in [6.07, 6.45) is 4.46. The molecule has 0 unspecified atom stereocenters. The van der Waals surface area contributed by atoms with Gasteiger partial charge in [0.05, 0.1) is 0 Å². The Hall–Kier alpha value is -2.20. The first-order chi connectivity index (χ1) is 12.1. The van der Waals surface area contributed by atoms with Crippen LogP contribution >= 0.6 is 0 Å².